The van der Waals surface area contributed by atoms with Crippen molar-refractivity contribution in [2.24, 2.45) is 0 Å². The third-order valence-electron chi connectivity index (χ3n) is 5.52. The number of carbonyl (C=O) groups is 2. The fourth-order valence-corrected chi connectivity index (χ4v) is 3.67. The van der Waals surface area contributed by atoms with E-state index in [0.29, 0.717) is 22.6 Å². The number of para-hydroxylation sites is 2. The van der Waals surface area contributed by atoms with Crippen molar-refractivity contribution < 1.29 is 23.5 Å². The number of anilines is 1. The fraction of sp³-hybridized carbons (Fsp3) is 0.292. The highest BCUT2D eigenvalue weighted by Crippen LogP contribution is 2.33. The van der Waals surface area contributed by atoms with Crippen molar-refractivity contribution in [1.29, 1.82) is 0 Å². The molecule has 4 rings (SSSR count). The summed E-state index contributed by atoms with van der Waals surface area (Å²) < 4.78 is 16.4. The van der Waals surface area contributed by atoms with Gasteiger partial charge < -0.3 is 18.8 Å². The van der Waals surface area contributed by atoms with Crippen LogP contribution in [-0.2, 0) is 20.9 Å². The van der Waals surface area contributed by atoms with E-state index in [9.17, 15) is 14.4 Å². The van der Waals surface area contributed by atoms with Crippen LogP contribution in [0.5, 0.6) is 5.75 Å². The van der Waals surface area contributed by atoms with Gasteiger partial charge >= 0.3 is 11.6 Å². The average molecular weight is 421 g/mol. The number of fused-ring (bicyclic) bond motifs is 2. The minimum atomic E-state index is -0.618. The Hall–Kier alpha value is -3.61. The lowest BCUT2D eigenvalue weighted by molar-refractivity contribution is -0.144. The van der Waals surface area contributed by atoms with Gasteiger partial charge in [-0.25, -0.2) is 4.79 Å². The molecule has 160 valence electrons. The van der Waals surface area contributed by atoms with Gasteiger partial charge in [0.2, 0.25) is 0 Å². The summed E-state index contributed by atoms with van der Waals surface area (Å²) in [5.74, 6) is -0.0604. The highest BCUT2D eigenvalue weighted by molar-refractivity contribution is 6.00. The van der Waals surface area contributed by atoms with Crippen molar-refractivity contribution in [1.82, 2.24) is 0 Å². The van der Waals surface area contributed by atoms with Gasteiger partial charge in [-0.1, -0.05) is 24.3 Å². The number of carbonyl (C=O) groups excluding carboxylic acids is 2. The number of amides is 1. The average Bonchev–Trinajstić information content (AvgIpc) is 2.75. The number of benzene rings is 2. The summed E-state index contributed by atoms with van der Waals surface area (Å²) in [5, 5.41) is 0.738. The molecule has 3 aromatic rings. The first kappa shape index (κ1) is 20.7. The number of hydrogen-bond acceptors (Lipinski definition) is 6. The van der Waals surface area contributed by atoms with E-state index in [1.54, 1.807) is 24.0 Å². The SMILES string of the molecule is Cc1ccc2c(COC(=O)CCN3C(=O)C(C)Oc4ccccc43)cc(=O)oc2c1C. The summed E-state index contributed by atoms with van der Waals surface area (Å²) in [6.07, 6.45) is -0.600. The zero-order chi connectivity index (χ0) is 22.1. The summed E-state index contributed by atoms with van der Waals surface area (Å²) >= 11 is 0. The molecule has 0 saturated carbocycles. The molecule has 7 nitrogen and oxygen atoms in total. The van der Waals surface area contributed by atoms with Crippen molar-refractivity contribution in [2.45, 2.75) is 39.9 Å². The monoisotopic (exact) mass is 421 g/mol. The molecule has 1 unspecified atom stereocenters. The molecule has 31 heavy (non-hydrogen) atoms. The van der Waals surface area contributed by atoms with E-state index in [0.717, 1.165) is 16.5 Å². The molecule has 0 fully saturated rings. The number of rotatable bonds is 5. The molecule has 1 atom stereocenters. The molecular formula is C24H23NO6. The Morgan fingerprint density at radius 3 is 2.71 bits per heavy atom. The Balaban J connectivity index is 1.46. The number of nitrogens with zero attached hydrogens (tertiary/aromatic N) is 1. The van der Waals surface area contributed by atoms with E-state index in [-0.39, 0.29) is 25.5 Å². The maximum absolute atomic E-state index is 12.5. The molecule has 7 heteroatoms. The molecule has 0 spiro atoms. The van der Waals surface area contributed by atoms with Crippen LogP contribution >= 0.6 is 0 Å². The van der Waals surface area contributed by atoms with Crippen LogP contribution in [0, 0.1) is 13.8 Å². The van der Waals surface area contributed by atoms with Crippen LogP contribution in [-0.4, -0.2) is 24.5 Å². The lowest BCUT2D eigenvalue weighted by atomic mass is 10.0. The van der Waals surface area contributed by atoms with Gasteiger partial charge in [-0.05, 0) is 44.0 Å². The molecule has 1 aliphatic heterocycles. The zero-order valence-corrected chi connectivity index (χ0v) is 17.6. The predicted octanol–water partition coefficient (Wildman–Crippen LogP) is 3.66. The van der Waals surface area contributed by atoms with Crippen molar-refractivity contribution in [2.75, 3.05) is 11.4 Å². The summed E-state index contributed by atoms with van der Waals surface area (Å²) in [6.45, 7) is 5.63. The number of esters is 1. The summed E-state index contributed by atoms with van der Waals surface area (Å²) in [4.78, 5) is 38.4. The molecule has 1 amide bonds. The topological polar surface area (TPSA) is 86.0 Å². The molecule has 1 aromatic heterocycles. The highest BCUT2D eigenvalue weighted by Gasteiger charge is 2.31. The van der Waals surface area contributed by atoms with Crippen LogP contribution in [0.4, 0.5) is 5.69 Å². The summed E-state index contributed by atoms with van der Waals surface area (Å²) in [6, 6.07) is 12.3. The Morgan fingerprint density at radius 2 is 1.90 bits per heavy atom. The Morgan fingerprint density at radius 1 is 1.13 bits per heavy atom. The minimum Gasteiger partial charge on any atom is -0.479 e. The third-order valence-corrected chi connectivity index (χ3v) is 5.52. The van der Waals surface area contributed by atoms with Crippen LogP contribution in [0.1, 0.15) is 30.0 Å². The molecule has 0 N–H and O–H groups in total. The first-order valence-electron chi connectivity index (χ1n) is 10.1. The zero-order valence-electron chi connectivity index (χ0n) is 17.6. The van der Waals surface area contributed by atoms with Crippen molar-refractivity contribution in [3.05, 3.63) is 69.6 Å². The van der Waals surface area contributed by atoms with Gasteiger partial charge in [-0.2, -0.15) is 0 Å². The molecule has 0 saturated heterocycles. The highest BCUT2D eigenvalue weighted by atomic mass is 16.5. The van der Waals surface area contributed by atoms with Gasteiger partial charge in [0.15, 0.2) is 6.10 Å². The number of hydrogen-bond donors (Lipinski definition) is 0. The fourth-order valence-electron chi connectivity index (χ4n) is 3.67. The van der Waals surface area contributed by atoms with Crippen molar-refractivity contribution in [3.8, 4) is 5.75 Å². The van der Waals surface area contributed by atoms with Crippen molar-refractivity contribution >= 4 is 28.5 Å². The van der Waals surface area contributed by atoms with Gasteiger partial charge in [0.25, 0.3) is 5.91 Å². The standard InChI is InChI=1S/C24H23NO6/c1-14-8-9-18-17(12-22(27)31-23(18)15(14)2)13-29-21(26)10-11-25-19-6-4-5-7-20(19)30-16(3)24(25)28/h4-9,12,16H,10-11,13H2,1-3H3. The van der Waals surface area contributed by atoms with Crippen molar-refractivity contribution in [3.63, 3.8) is 0 Å². The molecular weight excluding hydrogens is 398 g/mol. The smallest absolute Gasteiger partial charge is 0.336 e. The molecule has 2 heterocycles. The van der Waals surface area contributed by atoms with Gasteiger partial charge in [-0.3, -0.25) is 9.59 Å². The first-order chi connectivity index (χ1) is 14.8. The second kappa shape index (κ2) is 8.26. The maximum atomic E-state index is 12.5. The van der Waals surface area contributed by atoms with Crippen LogP contribution in [0.25, 0.3) is 11.0 Å². The van der Waals surface area contributed by atoms with Gasteiger partial charge in [-0.15, -0.1) is 0 Å². The van der Waals surface area contributed by atoms with Crippen LogP contribution in [0.2, 0.25) is 0 Å². The first-order valence-corrected chi connectivity index (χ1v) is 10.1. The minimum absolute atomic E-state index is 0.0182. The third kappa shape index (κ3) is 4.03. The molecule has 0 bridgehead atoms. The van der Waals surface area contributed by atoms with Gasteiger partial charge in [0.05, 0.1) is 12.1 Å². The Labute approximate surface area is 179 Å². The number of aryl methyl sites for hydroxylation is 2. The van der Waals surface area contributed by atoms with Crippen LogP contribution < -0.4 is 15.3 Å². The molecule has 1 aliphatic rings. The second-order valence-electron chi connectivity index (χ2n) is 7.60. The molecule has 0 radical (unpaired) electrons. The Kier molecular flexibility index (Phi) is 5.50. The number of ether oxygens (including phenoxy) is 2. The predicted molar refractivity (Wildman–Crippen MR) is 115 cm³/mol. The van der Waals surface area contributed by atoms with E-state index < -0.39 is 17.7 Å². The quantitative estimate of drug-likeness (QED) is 0.462. The van der Waals surface area contributed by atoms with E-state index in [1.165, 1.54) is 6.07 Å². The normalized spacial score (nSPS) is 15.5. The summed E-state index contributed by atoms with van der Waals surface area (Å²) in [7, 11) is 0. The van der Waals surface area contributed by atoms with E-state index in [1.807, 2.05) is 38.1 Å². The van der Waals surface area contributed by atoms with E-state index >= 15 is 0 Å². The van der Waals surface area contributed by atoms with E-state index in [2.05, 4.69) is 0 Å². The molecule has 0 aliphatic carbocycles. The van der Waals surface area contributed by atoms with Crippen LogP contribution in [0.3, 0.4) is 0 Å². The lowest BCUT2D eigenvalue weighted by Crippen LogP contribution is -2.45. The van der Waals surface area contributed by atoms with Gasteiger partial charge in [0.1, 0.15) is 17.9 Å². The van der Waals surface area contributed by atoms with Crippen LogP contribution in [0.15, 0.2) is 51.7 Å². The second-order valence-corrected chi connectivity index (χ2v) is 7.60. The maximum Gasteiger partial charge on any atom is 0.336 e. The Bertz CT molecular complexity index is 1230. The largest absolute Gasteiger partial charge is 0.479 e. The molecule has 2 aromatic carbocycles. The lowest BCUT2D eigenvalue weighted by Gasteiger charge is -2.32. The van der Waals surface area contributed by atoms with Gasteiger partial charge in [0, 0.05) is 23.6 Å². The summed E-state index contributed by atoms with van der Waals surface area (Å²) in [5.41, 5.74) is 3.12. The van der Waals surface area contributed by atoms with E-state index in [4.69, 9.17) is 13.9 Å².